The van der Waals surface area contributed by atoms with Gasteiger partial charge >= 0.3 is 17.9 Å². The Morgan fingerprint density at radius 3 is 1.04 bits per heavy atom. The van der Waals surface area contributed by atoms with Crippen molar-refractivity contribution >= 4 is 17.9 Å². The lowest BCUT2D eigenvalue weighted by molar-refractivity contribution is -0.167. The van der Waals surface area contributed by atoms with Gasteiger partial charge in [0.15, 0.2) is 6.10 Å². The summed E-state index contributed by atoms with van der Waals surface area (Å²) in [6.45, 7) is 6.55. The minimum absolute atomic E-state index is 0.0728. The summed E-state index contributed by atoms with van der Waals surface area (Å²) in [6.07, 6.45) is 51.7. The Labute approximate surface area is 353 Å². The van der Waals surface area contributed by atoms with Gasteiger partial charge in [-0.1, -0.05) is 225 Å². The molecular weight excluding hydrogens is 709 g/mol. The van der Waals surface area contributed by atoms with Crippen molar-refractivity contribution < 1.29 is 28.6 Å². The Morgan fingerprint density at radius 1 is 0.351 bits per heavy atom. The molecule has 0 rings (SSSR count). The summed E-state index contributed by atoms with van der Waals surface area (Å²) < 4.78 is 16.7. The van der Waals surface area contributed by atoms with Crippen LogP contribution in [0.3, 0.4) is 0 Å². The first-order valence-corrected chi connectivity index (χ1v) is 24.8. The van der Waals surface area contributed by atoms with Gasteiger partial charge in [-0.15, -0.1) is 0 Å². The van der Waals surface area contributed by atoms with Crippen LogP contribution in [0.4, 0.5) is 0 Å². The number of esters is 3. The number of carbonyl (C=O) groups excluding carboxylic acids is 3. The van der Waals surface area contributed by atoms with Crippen LogP contribution in [0.25, 0.3) is 0 Å². The van der Waals surface area contributed by atoms with Crippen LogP contribution in [0, 0.1) is 0 Å². The molecule has 6 nitrogen and oxygen atoms in total. The number of ether oxygens (including phenoxy) is 3. The van der Waals surface area contributed by atoms with Gasteiger partial charge in [-0.05, 0) is 44.9 Å². The molecule has 0 aliphatic heterocycles. The third-order valence-electron chi connectivity index (χ3n) is 10.9. The lowest BCUT2D eigenvalue weighted by atomic mass is 10.0. The van der Waals surface area contributed by atoms with Crippen LogP contribution in [0.1, 0.15) is 265 Å². The zero-order valence-corrected chi connectivity index (χ0v) is 38.1. The van der Waals surface area contributed by atoms with E-state index in [4.69, 9.17) is 14.2 Å². The molecule has 57 heavy (non-hydrogen) atoms. The van der Waals surface area contributed by atoms with E-state index >= 15 is 0 Å². The van der Waals surface area contributed by atoms with Gasteiger partial charge in [-0.3, -0.25) is 14.4 Å². The van der Waals surface area contributed by atoms with Gasteiger partial charge < -0.3 is 14.2 Å². The zero-order valence-electron chi connectivity index (χ0n) is 38.1. The molecule has 6 heteroatoms. The Bertz CT molecular complexity index is 927. The normalized spacial score (nSPS) is 12.1. The number of carbonyl (C=O) groups is 3. The lowest BCUT2D eigenvalue weighted by Crippen LogP contribution is -2.30. The monoisotopic (exact) mass is 803 g/mol. The van der Waals surface area contributed by atoms with Crippen molar-refractivity contribution in [1.82, 2.24) is 0 Å². The number of allylic oxidation sites excluding steroid dienone is 4. The highest BCUT2D eigenvalue weighted by Gasteiger charge is 2.19. The second-order valence-corrected chi connectivity index (χ2v) is 16.7. The second kappa shape index (κ2) is 46.6. The third-order valence-corrected chi connectivity index (χ3v) is 10.9. The topological polar surface area (TPSA) is 78.9 Å². The molecule has 0 amide bonds. The highest BCUT2D eigenvalue weighted by atomic mass is 16.6. The van der Waals surface area contributed by atoms with Gasteiger partial charge in [0.2, 0.25) is 0 Å². The van der Waals surface area contributed by atoms with Gasteiger partial charge in [0.05, 0.1) is 0 Å². The van der Waals surface area contributed by atoms with E-state index in [9.17, 15) is 14.4 Å². The summed E-state index contributed by atoms with van der Waals surface area (Å²) in [5.74, 6) is -0.881. The van der Waals surface area contributed by atoms with Crippen LogP contribution in [0.15, 0.2) is 24.3 Å². The van der Waals surface area contributed by atoms with Crippen LogP contribution in [-0.4, -0.2) is 37.2 Å². The van der Waals surface area contributed by atoms with E-state index in [0.29, 0.717) is 19.3 Å². The van der Waals surface area contributed by atoms with E-state index in [2.05, 4.69) is 45.1 Å². The molecule has 0 fully saturated rings. The predicted octanol–water partition coefficient (Wildman–Crippen LogP) is 16.0. The number of rotatable bonds is 45. The molecule has 0 aromatic carbocycles. The molecule has 0 N–H and O–H groups in total. The Hall–Kier alpha value is -2.11. The first kappa shape index (κ1) is 54.9. The molecule has 334 valence electrons. The molecule has 0 spiro atoms. The average Bonchev–Trinajstić information content (AvgIpc) is 3.21. The van der Waals surface area contributed by atoms with Gasteiger partial charge in [0.25, 0.3) is 0 Å². The Morgan fingerprint density at radius 2 is 0.667 bits per heavy atom. The molecule has 0 aliphatic rings. The lowest BCUT2D eigenvalue weighted by Gasteiger charge is -2.18. The third kappa shape index (κ3) is 44.8. The molecule has 1 atom stereocenters. The molecule has 0 aliphatic carbocycles. The molecule has 1 unspecified atom stereocenters. The molecule has 0 saturated heterocycles. The SMILES string of the molecule is CCC/C=C\C/C=C\CCCCCCCC(=O)OC(COC(=O)CCCCCCCCCC)COC(=O)CCCCCCCCCCCCCCCCCCCC. The minimum Gasteiger partial charge on any atom is -0.462 e. The molecule has 0 aromatic rings. The summed E-state index contributed by atoms with van der Waals surface area (Å²) in [5.41, 5.74) is 0. The molecule has 0 aromatic heterocycles. The summed E-state index contributed by atoms with van der Waals surface area (Å²) >= 11 is 0. The summed E-state index contributed by atoms with van der Waals surface area (Å²) in [6, 6.07) is 0. The van der Waals surface area contributed by atoms with Gasteiger partial charge in [0, 0.05) is 19.3 Å². The van der Waals surface area contributed by atoms with Crippen molar-refractivity contribution in [3.63, 3.8) is 0 Å². The van der Waals surface area contributed by atoms with Crippen molar-refractivity contribution in [2.24, 2.45) is 0 Å². The van der Waals surface area contributed by atoms with Crippen molar-refractivity contribution in [3.05, 3.63) is 24.3 Å². The summed E-state index contributed by atoms with van der Waals surface area (Å²) in [4.78, 5) is 37.7. The Balaban J connectivity index is 4.25. The molecule has 0 heterocycles. The fourth-order valence-corrected chi connectivity index (χ4v) is 7.19. The largest absolute Gasteiger partial charge is 0.462 e. The summed E-state index contributed by atoms with van der Waals surface area (Å²) in [5, 5.41) is 0. The number of hydrogen-bond acceptors (Lipinski definition) is 6. The molecule has 0 bridgehead atoms. The van der Waals surface area contributed by atoms with Gasteiger partial charge in [0.1, 0.15) is 13.2 Å². The molecule has 0 radical (unpaired) electrons. The fraction of sp³-hybridized carbons (Fsp3) is 0.863. The van der Waals surface area contributed by atoms with E-state index < -0.39 is 6.10 Å². The highest BCUT2D eigenvalue weighted by Crippen LogP contribution is 2.16. The summed E-state index contributed by atoms with van der Waals surface area (Å²) in [7, 11) is 0. The van der Waals surface area contributed by atoms with Crippen molar-refractivity contribution in [2.45, 2.75) is 271 Å². The molecule has 0 saturated carbocycles. The Kier molecular flexibility index (Phi) is 44.9. The fourth-order valence-electron chi connectivity index (χ4n) is 7.19. The van der Waals surface area contributed by atoms with Crippen molar-refractivity contribution in [2.75, 3.05) is 13.2 Å². The van der Waals surface area contributed by atoms with Crippen LogP contribution in [0.2, 0.25) is 0 Å². The van der Waals surface area contributed by atoms with Crippen molar-refractivity contribution in [3.8, 4) is 0 Å². The first-order valence-electron chi connectivity index (χ1n) is 24.8. The van der Waals surface area contributed by atoms with Crippen molar-refractivity contribution in [1.29, 1.82) is 0 Å². The van der Waals surface area contributed by atoms with Crippen LogP contribution >= 0.6 is 0 Å². The number of unbranched alkanes of at least 4 members (excludes halogenated alkanes) is 30. The van der Waals surface area contributed by atoms with Gasteiger partial charge in [-0.25, -0.2) is 0 Å². The van der Waals surface area contributed by atoms with E-state index in [-0.39, 0.29) is 31.1 Å². The highest BCUT2D eigenvalue weighted by molar-refractivity contribution is 5.71. The average molecular weight is 803 g/mol. The van der Waals surface area contributed by atoms with Crippen LogP contribution in [0.5, 0.6) is 0 Å². The van der Waals surface area contributed by atoms with E-state index in [0.717, 1.165) is 89.9 Å². The van der Waals surface area contributed by atoms with Gasteiger partial charge in [-0.2, -0.15) is 0 Å². The molecular formula is C51H94O6. The first-order chi connectivity index (χ1) is 28.0. The maximum absolute atomic E-state index is 12.7. The zero-order chi connectivity index (χ0) is 41.5. The van der Waals surface area contributed by atoms with Crippen LogP contribution < -0.4 is 0 Å². The number of hydrogen-bond donors (Lipinski definition) is 0. The smallest absolute Gasteiger partial charge is 0.306 e. The van der Waals surface area contributed by atoms with E-state index in [1.807, 2.05) is 0 Å². The maximum Gasteiger partial charge on any atom is 0.306 e. The predicted molar refractivity (Wildman–Crippen MR) is 243 cm³/mol. The van der Waals surface area contributed by atoms with Crippen LogP contribution in [-0.2, 0) is 28.6 Å². The van der Waals surface area contributed by atoms with E-state index in [1.54, 1.807) is 0 Å². The standard InChI is InChI=1S/C51H94O6/c1-4-7-10-13-16-19-21-23-24-25-26-27-29-30-32-35-38-41-44-50(53)56-47-48(46-55-49(52)43-40-37-34-18-15-12-9-6-3)57-51(54)45-42-39-36-33-31-28-22-20-17-14-11-8-5-2/h11,14,20,22,48H,4-10,12-13,15-19,21,23-47H2,1-3H3/b14-11-,22-20-. The van der Waals surface area contributed by atoms with E-state index in [1.165, 1.54) is 135 Å². The minimum atomic E-state index is -0.770. The quantitative estimate of drug-likeness (QED) is 0.0264. The maximum atomic E-state index is 12.7. The second-order valence-electron chi connectivity index (χ2n) is 16.7.